The smallest absolute Gasteiger partial charge is 0.242 e. The van der Waals surface area contributed by atoms with Crippen molar-refractivity contribution in [2.24, 2.45) is 11.7 Å². The van der Waals surface area contributed by atoms with E-state index in [4.69, 9.17) is 5.73 Å². The minimum Gasteiger partial charge on any atom is -0.341 e. The van der Waals surface area contributed by atoms with Crippen molar-refractivity contribution in [2.45, 2.75) is 31.2 Å². The van der Waals surface area contributed by atoms with Gasteiger partial charge in [-0.3, -0.25) is 9.59 Å². The second-order valence-electron chi connectivity index (χ2n) is 5.95. The summed E-state index contributed by atoms with van der Waals surface area (Å²) in [6.45, 7) is 1.31. The molecule has 0 spiro atoms. The molecule has 0 radical (unpaired) electrons. The molecule has 3 rings (SSSR count). The van der Waals surface area contributed by atoms with Crippen molar-refractivity contribution >= 4 is 24.1 Å². The summed E-state index contributed by atoms with van der Waals surface area (Å²) in [6.07, 6.45) is 3.09. The van der Waals surface area contributed by atoms with E-state index in [-0.39, 0.29) is 30.0 Å². The molecule has 0 bridgehead atoms. The maximum Gasteiger partial charge on any atom is 0.242 e. The number of rotatable bonds is 3. The predicted molar refractivity (Wildman–Crippen MR) is 83.5 cm³/mol. The van der Waals surface area contributed by atoms with Gasteiger partial charge in [-0.05, 0) is 25.7 Å². The molecule has 1 aromatic rings. The Labute approximate surface area is 131 Å². The van der Waals surface area contributed by atoms with Crippen LogP contribution < -0.4 is 5.73 Å². The molecule has 5 heteroatoms. The Bertz CT molecular complexity index is 520. The molecule has 114 valence electrons. The maximum absolute atomic E-state index is 12.4. The van der Waals surface area contributed by atoms with Gasteiger partial charge in [-0.2, -0.15) is 0 Å². The van der Waals surface area contributed by atoms with Crippen LogP contribution in [0.5, 0.6) is 0 Å². The van der Waals surface area contributed by atoms with E-state index in [2.05, 4.69) is 0 Å². The third kappa shape index (κ3) is 3.27. The Hall–Kier alpha value is -1.39. The van der Waals surface area contributed by atoms with Gasteiger partial charge < -0.3 is 10.6 Å². The van der Waals surface area contributed by atoms with Crippen LogP contribution in [0.4, 0.5) is 0 Å². The normalized spacial score (nSPS) is 20.5. The first-order valence-corrected chi connectivity index (χ1v) is 7.28. The summed E-state index contributed by atoms with van der Waals surface area (Å²) in [7, 11) is 0. The molecule has 0 aromatic heterocycles. The highest BCUT2D eigenvalue weighted by molar-refractivity contribution is 5.98. The van der Waals surface area contributed by atoms with Crippen LogP contribution in [-0.2, 0) is 4.79 Å². The van der Waals surface area contributed by atoms with Crippen LogP contribution in [0, 0.1) is 5.92 Å². The van der Waals surface area contributed by atoms with Crippen LogP contribution in [0.1, 0.15) is 36.0 Å². The zero-order valence-corrected chi connectivity index (χ0v) is 12.8. The summed E-state index contributed by atoms with van der Waals surface area (Å²) in [5.74, 6) is 0.309. The van der Waals surface area contributed by atoms with E-state index in [1.54, 1.807) is 0 Å². The molecule has 1 heterocycles. The number of hydrogen-bond acceptors (Lipinski definition) is 3. The molecule has 1 saturated heterocycles. The lowest BCUT2D eigenvalue weighted by Crippen LogP contribution is -2.49. The van der Waals surface area contributed by atoms with E-state index < -0.39 is 5.54 Å². The number of hydrogen-bond donors (Lipinski definition) is 1. The van der Waals surface area contributed by atoms with Gasteiger partial charge in [0, 0.05) is 24.6 Å². The average molecular weight is 309 g/mol. The van der Waals surface area contributed by atoms with Crippen molar-refractivity contribution in [2.75, 3.05) is 13.1 Å². The summed E-state index contributed by atoms with van der Waals surface area (Å²) in [5.41, 5.74) is 6.13. The first-order chi connectivity index (χ1) is 9.60. The number of halogens is 1. The first kappa shape index (κ1) is 16.0. The zero-order chi connectivity index (χ0) is 14.2. The molecule has 1 amide bonds. The minimum atomic E-state index is -0.587. The highest BCUT2D eigenvalue weighted by Crippen LogP contribution is 2.35. The van der Waals surface area contributed by atoms with Crippen LogP contribution in [0.3, 0.4) is 0 Å². The van der Waals surface area contributed by atoms with E-state index in [0.717, 1.165) is 31.2 Å². The standard InChI is InChI=1S/C16H20N2O2.ClH/c17-16(8-9-16)15(20)18-10-6-13(7-11-18)14(19)12-4-2-1-3-5-12;/h1-5,13H,6-11,17H2;1H. The van der Waals surface area contributed by atoms with Crippen molar-refractivity contribution in [3.8, 4) is 0 Å². The fraction of sp³-hybridized carbons (Fsp3) is 0.500. The molecule has 2 aliphatic rings. The van der Waals surface area contributed by atoms with Crippen LogP contribution in [0.2, 0.25) is 0 Å². The Kier molecular flexibility index (Phi) is 4.69. The predicted octanol–water partition coefficient (Wildman–Crippen LogP) is 2.02. The summed E-state index contributed by atoms with van der Waals surface area (Å²) in [5, 5.41) is 0. The summed E-state index contributed by atoms with van der Waals surface area (Å²) < 4.78 is 0. The molecule has 0 unspecified atom stereocenters. The van der Waals surface area contributed by atoms with E-state index in [1.807, 2.05) is 35.2 Å². The number of Topliss-reactive ketones (excluding diaryl/α,β-unsaturated/α-hetero) is 1. The molecule has 0 atom stereocenters. The number of piperidine rings is 1. The third-order valence-corrected chi connectivity index (χ3v) is 4.43. The molecule has 4 nitrogen and oxygen atoms in total. The van der Waals surface area contributed by atoms with Gasteiger partial charge >= 0.3 is 0 Å². The number of ketones is 1. The molecule has 1 aliphatic heterocycles. The number of nitrogens with two attached hydrogens (primary N) is 1. The number of carbonyl (C=O) groups is 2. The van der Waals surface area contributed by atoms with Crippen LogP contribution in [0.25, 0.3) is 0 Å². The topological polar surface area (TPSA) is 63.4 Å². The monoisotopic (exact) mass is 308 g/mol. The molecule has 1 aromatic carbocycles. The van der Waals surface area contributed by atoms with Gasteiger partial charge in [-0.25, -0.2) is 0 Å². The maximum atomic E-state index is 12.4. The van der Waals surface area contributed by atoms with E-state index in [1.165, 1.54) is 0 Å². The highest BCUT2D eigenvalue weighted by atomic mass is 35.5. The Morgan fingerprint density at radius 3 is 2.19 bits per heavy atom. The van der Waals surface area contributed by atoms with Crippen LogP contribution in [0.15, 0.2) is 30.3 Å². The van der Waals surface area contributed by atoms with Gasteiger partial charge in [0.05, 0.1) is 5.54 Å². The molecule has 2 N–H and O–H groups in total. The molecular weight excluding hydrogens is 288 g/mol. The number of benzene rings is 1. The highest BCUT2D eigenvalue weighted by Gasteiger charge is 2.48. The SMILES string of the molecule is Cl.NC1(C(=O)N2CCC(C(=O)c3ccccc3)CC2)CC1. The van der Waals surface area contributed by atoms with E-state index >= 15 is 0 Å². The lowest BCUT2D eigenvalue weighted by atomic mass is 9.88. The molecule has 1 saturated carbocycles. The number of amides is 1. The number of likely N-dealkylation sites (tertiary alicyclic amines) is 1. The largest absolute Gasteiger partial charge is 0.341 e. The van der Waals surface area contributed by atoms with Gasteiger partial charge in [0.2, 0.25) is 5.91 Å². The molecule has 1 aliphatic carbocycles. The van der Waals surface area contributed by atoms with Crippen molar-refractivity contribution in [1.82, 2.24) is 4.90 Å². The fourth-order valence-corrected chi connectivity index (χ4v) is 2.85. The number of nitrogens with zero attached hydrogens (tertiary/aromatic N) is 1. The summed E-state index contributed by atoms with van der Waals surface area (Å²) in [4.78, 5) is 26.3. The molecular formula is C16H21ClN2O2. The lowest BCUT2D eigenvalue weighted by Gasteiger charge is -2.33. The van der Waals surface area contributed by atoms with E-state index in [0.29, 0.717) is 13.1 Å². The van der Waals surface area contributed by atoms with Crippen molar-refractivity contribution in [3.63, 3.8) is 0 Å². The number of carbonyl (C=O) groups excluding carboxylic acids is 2. The van der Waals surface area contributed by atoms with Crippen LogP contribution >= 0.6 is 12.4 Å². The van der Waals surface area contributed by atoms with Crippen molar-refractivity contribution in [3.05, 3.63) is 35.9 Å². The Balaban J connectivity index is 0.00000161. The summed E-state index contributed by atoms with van der Waals surface area (Å²) >= 11 is 0. The van der Waals surface area contributed by atoms with Gasteiger partial charge in [0.25, 0.3) is 0 Å². The van der Waals surface area contributed by atoms with Gasteiger partial charge in [-0.15, -0.1) is 12.4 Å². The lowest BCUT2D eigenvalue weighted by molar-refractivity contribution is -0.134. The first-order valence-electron chi connectivity index (χ1n) is 7.28. The quantitative estimate of drug-likeness (QED) is 0.869. The second-order valence-corrected chi connectivity index (χ2v) is 5.95. The molecule has 21 heavy (non-hydrogen) atoms. The van der Waals surface area contributed by atoms with Gasteiger partial charge in [-0.1, -0.05) is 30.3 Å². The van der Waals surface area contributed by atoms with Gasteiger partial charge in [0.15, 0.2) is 5.78 Å². The van der Waals surface area contributed by atoms with Crippen molar-refractivity contribution in [1.29, 1.82) is 0 Å². The summed E-state index contributed by atoms with van der Waals surface area (Å²) in [6, 6.07) is 9.40. The average Bonchev–Trinajstić information content (AvgIpc) is 3.26. The van der Waals surface area contributed by atoms with Crippen molar-refractivity contribution < 1.29 is 9.59 Å². The second kappa shape index (κ2) is 6.16. The fourth-order valence-electron chi connectivity index (χ4n) is 2.85. The minimum absolute atomic E-state index is 0. The Morgan fingerprint density at radius 2 is 1.67 bits per heavy atom. The van der Waals surface area contributed by atoms with Crippen LogP contribution in [-0.4, -0.2) is 35.2 Å². The Morgan fingerprint density at radius 1 is 1.10 bits per heavy atom. The third-order valence-electron chi connectivity index (χ3n) is 4.43. The molecule has 2 fully saturated rings. The zero-order valence-electron chi connectivity index (χ0n) is 12.0. The van der Waals surface area contributed by atoms with Gasteiger partial charge in [0.1, 0.15) is 0 Å². The van der Waals surface area contributed by atoms with E-state index in [9.17, 15) is 9.59 Å².